The number of carbonyl (C=O) groups is 1. The second-order valence-corrected chi connectivity index (χ2v) is 9.54. The van der Waals surface area contributed by atoms with Crippen molar-refractivity contribution >= 4 is 45.7 Å². The van der Waals surface area contributed by atoms with Crippen molar-refractivity contribution in [1.29, 1.82) is 0 Å². The van der Waals surface area contributed by atoms with Crippen LogP contribution in [0.2, 0.25) is 5.02 Å². The summed E-state index contributed by atoms with van der Waals surface area (Å²) in [6.07, 6.45) is 2.01. The van der Waals surface area contributed by atoms with Gasteiger partial charge in [0.25, 0.3) is 11.6 Å². The number of nitro benzene ring substituents is 1. The van der Waals surface area contributed by atoms with Gasteiger partial charge in [-0.05, 0) is 61.2 Å². The van der Waals surface area contributed by atoms with Gasteiger partial charge in [0.05, 0.1) is 28.3 Å². The van der Waals surface area contributed by atoms with Gasteiger partial charge in [-0.3, -0.25) is 14.9 Å². The zero-order valence-corrected chi connectivity index (χ0v) is 21.1. The fourth-order valence-electron chi connectivity index (χ4n) is 4.47. The lowest BCUT2D eigenvalue weighted by atomic mass is 9.98. The van der Waals surface area contributed by atoms with E-state index < -0.39 is 10.8 Å². The molecule has 1 saturated heterocycles. The minimum absolute atomic E-state index is 0.131. The number of ether oxygens (including phenoxy) is 1. The first kappa shape index (κ1) is 24.6. The summed E-state index contributed by atoms with van der Waals surface area (Å²) < 4.78 is 11.1. The number of nitro groups is 1. The zero-order chi connectivity index (χ0) is 26.1. The molecular formula is C27H25ClN4O5. The van der Waals surface area contributed by atoms with Crippen LogP contribution in [-0.2, 0) is 0 Å². The van der Waals surface area contributed by atoms with Gasteiger partial charge in [-0.15, -0.1) is 0 Å². The molecule has 10 heteroatoms. The van der Waals surface area contributed by atoms with Crippen LogP contribution in [-0.4, -0.2) is 36.0 Å². The standard InChI is InChI=1S/C27H25ClN4O5/c1-16-9-11-31(12-10-16)23-6-5-19(32(34)35)15-20(23)26(33)29-18-4-8-25-22(14-18)30-27(37-25)17-3-7-24(36-2)21(28)13-17/h3-8,13-16H,9-12H2,1-2H3,(H,29,33). The third-order valence-corrected chi connectivity index (χ3v) is 6.90. The van der Waals surface area contributed by atoms with E-state index in [0.717, 1.165) is 25.9 Å². The van der Waals surface area contributed by atoms with Crippen molar-refractivity contribution in [1.82, 2.24) is 4.98 Å². The Kier molecular flexibility index (Phi) is 6.71. The van der Waals surface area contributed by atoms with Gasteiger partial charge in [-0.25, -0.2) is 4.98 Å². The van der Waals surface area contributed by atoms with Gasteiger partial charge in [-0.2, -0.15) is 0 Å². The summed E-state index contributed by atoms with van der Waals surface area (Å²) in [4.78, 5) is 30.9. The molecule has 190 valence electrons. The molecule has 9 nitrogen and oxygen atoms in total. The van der Waals surface area contributed by atoms with E-state index in [0.29, 0.717) is 50.6 Å². The number of hydrogen-bond donors (Lipinski definition) is 1. The smallest absolute Gasteiger partial charge is 0.270 e. The molecule has 3 aromatic carbocycles. The topological polar surface area (TPSA) is 111 Å². The Bertz CT molecular complexity index is 1490. The second kappa shape index (κ2) is 10.1. The number of methoxy groups -OCH3 is 1. The van der Waals surface area contributed by atoms with Gasteiger partial charge < -0.3 is 19.4 Å². The molecule has 2 heterocycles. The molecule has 0 unspecified atom stereocenters. The Labute approximate surface area is 218 Å². The fourth-order valence-corrected chi connectivity index (χ4v) is 4.73. The van der Waals surface area contributed by atoms with Crippen molar-refractivity contribution in [3.8, 4) is 17.2 Å². The minimum Gasteiger partial charge on any atom is -0.495 e. The summed E-state index contributed by atoms with van der Waals surface area (Å²) in [6, 6.07) is 14.8. The fraction of sp³-hybridized carbons (Fsp3) is 0.259. The molecule has 37 heavy (non-hydrogen) atoms. The number of oxazole rings is 1. The van der Waals surface area contributed by atoms with Gasteiger partial charge in [0.2, 0.25) is 5.89 Å². The molecule has 4 aromatic rings. The van der Waals surface area contributed by atoms with Crippen molar-refractivity contribution in [3.63, 3.8) is 0 Å². The number of carbonyl (C=O) groups excluding carboxylic acids is 1. The number of hydrogen-bond acceptors (Lipinski definition) is 7. The zero-order valence-electron chi connectivity index (χ0n) is 20.4. The number of benzene rings is 3. The van der Waals surface area contributed by atoms with Crippen molar-refractivity contribution in [2.75, 3.05) is 30.4 Å². The van der Waals surface area contributed by atoms with Crippen molar-refractivity contribution < 1.29 is 18.9 Å². The molecular weight excluding hydrogens is 496 g/mol. The molecule has 0 saturated carbocycles. The molecule has 1 aromatic heterocycles. The van der Waals surface area contributed by atoms with E-state index in [1.165, 1.54) is 12.1 Å². The van der Waals surface area contributed by atoms with E-state index in [2.05, 4.69) is 22.1 Å². The van der Waals surface area contributed by atoms with E-state index >= 15 is 0 Å². The number of halogens is 1. The number of anilines is 2. The highest BCUT2D eigenvalue weighted by atomic mass is 35.5. The van der Waals surface area contributed by atoms with Crippen LogP contribution in [0, 0.1) is 16.0 Å². The van der Waals surface area contributed by atoms with E-state index in [4.69, 9.17) is 20.8 Å². The largest absolute Gasteiger partial charge is 0.495 e. The van der Waals surface area contributed by atoms with Crippen LogP contribution in [0.5, 0.6) is 5.75 Å². The van der Waals surface area contributed by atoms with Crippen LogP contribution in [0.1, 0.15) is 30.1 Å². The van der Waals surface area contributed by atoms with Crippen LogP contribution in [0.3, 0.4) is 0 Å². The number of amides is 1. The van der Waals surface area contributed by atoms with E-state index in [1.54, 1.807) is 49.6 Å². The van der Waals surface area contributed by atoms with Gasteiger partial charge >= 0.3 is 0 Å². The number of rotatable bonds is 6. The van der Waals surface area contributed by atoms with Gasteiger partial charge in [0.1, 0.15) is 11.3 Å². The molecule has 5 rings (SSSR count). The summed E-state index contributed by atoms with van der Waals surface area (Å²) in [6.45, 7) is 3.79. The highest BCUT2D eigenvalue weighted by molar-refractivity contribution is 6.32. The summed E-state index contributed by atoms with van der Waals surface area (Å²) in [5.74, 6) is 1.11. The molecule has 1 N–H and O–H groups in total. The SMILES string of the molecule is COc1ccc(-c2nc3cc(NC(=O)c4cc([N+](=O)[O-])ccc4N4CCC(C)CC4)ccc3o2)cc1Cl. The van der Waals surface area contributed by atoms with Crippen molar-refractivity contribution in [3.05, 3.63) is 75.3 Å². The first-order valence-electron chi connectivity index (χ1n) is 11.9. The number of nitrogens with one attached hydrogen (secondary N) is 1. The Morgan fingerprint density at radius 2 is 1.95 bits per heavy atom. The number of non-ortho nitro benzene ring substituents is 1. The predicted octanol–water partition coefficient (Wildman–Crippen LogP) is 6.55. The molecule has 1 aliphatic rings. The van der Waals surface area contributed by atoms with E-state index in [-0.39, 0.29) is 11.3 Å². The first-order chi connectivity index (χ1) is 17.8. The highest BCUT2D eigenvalue weighted by Crippen LogP contribution is 2.33. The molecule has 0 radical (unpaired) electrons. The maximum Gasteiger partial charge on any atom is 0.270 e. The Balaban J connectivity index is 1.42. The van der Waals surface area contributed by atoms with E-state index in [9.17, 15) is 14.9 Å². The summed E-state index contributed by atoms with van der Waals surface area (Å²) in [7, 11) is 1.54. The first-order valence-corrected chi connectivity index (χ1v) is 12.3. The maximum atomic E-state index is 13.3. The Hall–Kier alpha value is -4.11. The Morgan fingerprint density at radius 3 is 2.65 bits per heavy atom. The lowest BCUT2D eigenvalue weighted by molar-refractivity contribution is -0.384. The van der Waals surface area contributed by atoms with Crippen LogP contribution in [0.25, 0.3) is 22.6 Å². The predicted molar refractivity (Wildman–Crippen MR) is 143 cm³/mol. The average Bonchev–Trinajstić information content (AvgIpc) is 3.32. The van der Waals surface area contributed by atoms with Gasteiger partial charge in [-0.1, -0.05) is 18.5 Å². The number of nitrogens with zero attached hydrogens (tertiary/aromatic N) is 3. The molecule has 0 bridgehead atoms. The van der Waals surface area contributed by atoms with Crippen LogP contribution < -0.4 is 15.0 Å². The summed E-state index contributed by atoms with van der Waals surface area (Å²) in [5, 5.41) is 14.7. The molecule has 0 aliphatic carbocycles. The molecule has 1 amide bonds. The quantitative estimate of drug-likeness (QED) is 0.226. The van der Waals surface area contributed by atoms with Gasteiger partial charge in [0.15, 0.2) is 5.58 Å². The lowest BCUT2D eigenvalue weighted by Gasteiger charge is -2.33. The molecule has 1 aliphatic heterocycles. The van der Waals surface area contributed by atoms with Crippen molar-refractivity contribution in [2.45, 2.75) is 19.8 Å². The molecule has 0 atom stereocenters. The van der Waals surface area contributed by atoms with Crippen LogP contribution >= 0.6 is 11.6 Å². The monoisotopic (exact) mass is 520 g/mol. The van der Waals surface area contributed by atoms with E-state index in [1.807, 2.05) is 0 Å². The number of fused-ring (bicyclic) bond motifs is 1. The number of piperidine rings is 1. The van der Waals surface area contributed by atoms with Crippen LogP contribution in [0.15, 0.2) is 59.0 Å². The molecule has 0 spiro atoms. The third-order valence-electron chi connectivity index (χ3n) is 6.60. The lowest BCUT2D eigenvalue weighted by Crippen LogP contribution is -2.34. The maximum absolute atomic E-state index is 13.3. The van der Waals surface area contributed by atoms with Gasteiger partial charge in [0, 0.05) is 36.5 Å². The highest BCUT2D eigenvalue weighted by Gasteiger charge is 2.24. The third kappa shape index (κ3) is 5.08. The average molecular weight is 521 g/mol. The normalized spacial score (nSPS) is 14.1. The summed E-state index contributed by atoms with van der Waals surface area (Å²) in [5.41, 5.74) is 3.09. The second-order valence-electron chi connectivity index (χ2n) is 9.13. The minimum atomic E-state index is -0.493. The van der Waals surface area contributed by atoms with Crippen molar-refractivity contribution in [2.24, 2.45) is 5.92 Å². The number of aromatic nitrogens is 1. The van der Waals surface area contributed by atoms with Crippen LogP contribution in [0.4, 0.5) is 17.1 Å². The summed E-state index contributed by atoms with van der Waals surface area (Å²) >= 11 is 6.24. The Morgan fingerprint density at radius 1 is 1.16 bits per heavy atom. The molecule has 1 fully saturated rings.